The first-order valence-corrected chi connectivity index (χ1v) is 7.04. The Balaban J connectivity index is 2.56. The molecule has 2 rings (SSSR count). The van der Waals surface area contributed by atoms with Crippen LogP contribution in [0.25, 0.3) is 5.57 Å². The van der Waals surface area contributed by atoms with Crippen molar-refractivity contribution in [2.45, 2.75) is 27.2 Å². The van der Waals surface area contributed by atoms with Gasteiger partial charge in [0.1, 0.15) is 0 Å². The molecule has 18 heavy (non-hydrogen) atoms. The van der Waals surface area contributed by atoms with Crippen molar-refractivity contribution in [3.05, 3.63) is 51.8 Å². The first kappa shape index (κ1) is 13.0. The van der Waals surface area contributed by atoms with Gasteiger partial charge >= 0.3 is 0 Å². The molecular weight excluding hydrogens is 240 g/mol. The van der Waals surface area contributed by atoms with E-state index in [-0.39, 0.29) is 5.92 Å². The summed E-state index contributed by atoms with van der Waals surface area (Å²) in [7, 11) is 0. The molecule has 0 aliphatic heterocycles. The average molecular weight is 258 g/mol. The van der Waals surface area contributed by atoms with Gasteiger partial charge in [-0.15, -0.1) is 11.3 Å². The van der Waals surface area contributed by atoms with Crippen LogP contribution in [0.2, 0.25) is 0 Å². The van der Waals surface area contributed by atoms with E-state index in [4.69, 9.17) is 0 Å². The molecule has 1 aromatic heterocycles. The Kier molecular flexibility index (Phi) is 3.67. The van der Waals surface area contributed by atoms with Crippen LogP contribution in [-0.4, -0.2) is 5.78 Å². The molecule has 1 heterocycles. The van der Waals surface area contributed by atoms with Gasteiger partial charge in [0.15, 0.2) is 5.78 Å². The van der Waals surface area contributed by atoms with E-state index in [1.54, 1.807) is 11.3 Å². The Hall–Kier alpha value is -1.41. The zero-order chi connectivity index (χ0) is 13.3. The van der Waals surface area contributed by atoms with Gasteiger partial charge in [0.05, 0.1) is 4.88 Å². The molecule has 0 aromatic carbocycles. The standard InChI is InChI=1S/C16H18OS/c1-5-7-8-12(6-2)14-11(4)18-16-13(14)9-10(3)15(16)17/h5-8,10H,2,9H2,1,3-4H3/b7-5+,12-8+. The van der Waals surface area contributed by atoms with Crippen molar-refractivity contribution in [3.8, 4) is 0 Å². The molecule has 0 bridgehead atoms. The van der Waals surface area contributed by atoms with E-state index in [0.717, 1.165) is 16.9 Å². The number of hydrogen-bond acceptors (Lipinski definition) is 2. The molecule has 0 fully saturated rings. The second-order valence-electron chi connectivity index (χ2n) is 4.66. The highest BCUT2D eigenvalue weighted by Gasteiger charge is 2.32. The van der Waals surface area contributed by atoms with Crippen molar-refractivity contribution >= 4 is 22.7 Å². The van der Waals surface area contributed by atoms with Gasteiger partial charge in [-0.25, -0.2) is 0 Å². The number of carbonyl (C=O) groups excluding carboxylic acids is 1. The lowest BCUT2D eigenvalue weighted by molar-refractivity contribution is 0.0949. The number of rotatable bonds is 3. The van der Waals surface area contributed by atoms with Crippen LogP contribution in [0.1, 0.15) is 39.5 Å². The zero-order valence-corrected chi connectivity index (χ0v) is 11.9. The highest BCUT2D eigenvalue weighted by atomic mass is 32.1. The molecule has 0 N–H and O–H groups in total. The van der Waals surface area contributed by atoms with Gasteiger partial charge in [-0.3, -0.25) is 4.79 Å². The molecule has 0 saturated carbocycles. The Morgan fingerprint density at radius 2 is 2.22 bits per heavy atom. The molecular formula is C16H18OS. The normalized spacial score (nSPS) is 19.6. The fraction of sp³-hybridized carbons (Fsp3) is 0.312. The van der Waals surface area contributed by atoms with Crippen LogP contribution in [0.4, 0.5) is 0 Å². The van der Waals surface area contributed by atoms with Crippen LogP contribution >= 0.6 is 11.3 Å². The monoisotopic (exact) mass is 258 g/mol. The van der Waals surface area contributed by atoms with Crippen molar-refractivity contribution in [3.63, 3.8) is 0 Å². The number of allylic oxidation sites excluding steroid dienone is 5. The summed E-state index contributed by atoms with van der Waals surface area (Å²) in [5, 5.41) is 0. The van der Waals surface area contributed by atoms with Gasteiger partial charge < -0.3 is 0 Å². The molecule has 0 spiro atoms. The smallest absolute Gasteiger partial charge is 0.176 e. The lowest BCUT2D eigenvalue weighted by Crippen LogP contribution is -2.02. The van der Waals surface area contributed by atoms with Crippen LogP contribution < -0.4 is 0 Å². The van der Waals surface area contributed by atoms with Crippen molar-refractivity contribution in [1.82, 2.24) is 0 Å². The third kappa shape index (κ3) is 2.01. The third-order valence-corrected chi connectivity index (χ3v) is 4.50. The van der Waals surface area contributed by atoms with Crippen LogP contribution in [-0.2, 0) is 6.42 Å². The maximum atomic E-state index is 12.0. The number of carbonyl (C=O) groups is 1. The van der Waals surface area contributed by atoms with E-state index in [1.807, 2.05) is 32.1 Å². The summed E-state index contributed by atoms with van der Waals surface area (Å²) >= 11 is 1.63. The summed E-state index contributed by atoms with van der Waals surface area (Å²) in [6.07, 6.45) is 8.83. The van der Waals surface area contributed by atoms with Crippen molar-refractivity contribution in [2.75, 3.05) is 0 Å². The fourth-order valence-electron chi connectivity index (χ4n) is 2.44. The summed E-state index contributed by atoms with van der Waals surface area (Å²) < 4.78 is 0. The Morgan fingerprint density at radius 1 is 1.50 bits per heavy atom. The molecule has 2 heteroatoms. The molecule has 0 amide bonds. The molecule has 1 unspecified atom stereocenters. The topological polar surface area (TPSA) is 17.1 Å². The van der Waals surface area contributed by atoms with E-state index >= 15 is 0 Å². The Labute approximate surface area is 113 Å². The van der Waals surface area contributed by atoms with E-state index in [1.165, 1.54) is 16.0 Å². The summed E-state index contributed by atoms with van der Waals surface area (Å²) in [5.74, 6) is 0.442. The van der Waals surface area contributed by atoms with Gasteiger partial charge in [-0.1, -0.05) is 37.8 Å². The van der Waals surface area contributed by atoms with E-state index in [0.29, 0.717) is 5.78 Å². The SMILES string of the molecule is C=C/C(=C\C=C\C)c1c(C)sc2c1CC(C)C2=O. The minimum absolute atomic E-state index is 0.137. The van der Waals surface area contributed by atoms with Gasteiger partial charge in [-0.05, 0) is 37.0 Å². The molecule has 94 valence electrons. The van der Waals surface area contributed by atoms with E-state index in [2.05, 4.69) is 19.6 Å². The highest BCUT2D eigenvalue weighted by molar-refractivity contribution is 7.14. The van der Waals surface area contributed by atoms with E-state index in [9.17, 15) is 4.79 Å². The number of thiophene rings is 1. The first-order valence-electron chi connectivity index (χ1n) is 6.22. The fourth-order valence-corrected chi connectivity index (χ4v) is 3.70. The molecule has 0 radical (unpaired) electrons. The number of hydrogen-bond donors (Lipinski definition) is 0. The molecule has 1 aromatic rings. The van der Waals surface area contributed by atoms with Crippen LogP contribution in [0.3, 0.4) is 0 Å². The second kappa shape index (κ2) is 5.07. The quantitative estimate of drug-likeness (QED) is 0.725. The maximum absolute atomic E-state index is 12.0. The van der Waals surface area contributed by atoms with Crippen LogP contribution in [0, 0.1) is 12.8 Å². The van der Waals surface area contributed by atoms with Gasteiger partial charge in [-0.2, -0.15) is 0 Å². The number of fused-ring (bicyclic) bond motifs is 1. The lowest BCUT2D eigenvalue weighted by atomic mass is 9.99. The third-order valence-electron chi connectivity index (χ3n) is 3.34. The predicted octanol–water partition coefficient (Wildman–Crippen LogP) is 4.58. The second-order valence-corrected chi connectivity index (χ2v) is 5.89. The zero-order valence-electron chi connectivity index (χ0n) is 11.1. The summed E-state index contributed by atoms with van der Waals surface area (Å²) in [6.45, 7) is 9.98. The summed E-state index contributed by atoms with van der Waals surface area (Å²) in [6, 6.07) is 0. The number of Topliss-reactive ketones (excluding diaryl/α,β-unsaturated/α-hetero) is 1. The summed E-state index contributed by atoms with van der Waals surface area (Å²) in [4.78, 5) is 14.2. The van der Waals surface area contributed by atoms with Gasteiger partial charge in [0.2, 0.25) is 0 Å². The van der Waals surface area contributed by atoms with Crippen LogP contribution in [0.15, 0.2) is 30.9 Å². The molecule has 1 nitrogen and oxygen atoms in total. The van der Waals surface area contributed by atoms with Gasteiger partial charge in [0.25, 0.3) is 0 Å². The molecule has 1 atom stereocenters. The highest BCUT2D eigenvalue weighted by Crippen LogP contribution is 2.40. The lowest BCUT2D eigenvalue weighted by Gasteiger charge is -2.05. The molecule has 0 saturated heterocycles. The van der Waals surface area contributed by atoms with Gasteiger partial charge in [0, 0.05) is 10.8 Å². The minimum atomic E-state index is 0.137. The first-order chi connectivity index (χ1) is 8.60. The van der Waals surface area contributed by atoms with Crippen molar-refractivity contribution in [2.24, 2.45) is 5.92 Å². The molecule has 1 aliphatic carbocycles. The predicted molar refractivity (Wildman–Crippen MR) is 79.2 cm³/mol. The maximum Gasteiger partial charge on any atom is 0.176 e. The molecule has 1 aliphatic rings. The van der Waals surface area contributed by atoms with E-state index < -0.39 is 0 Å². The van der Waals surface area contributed by atoms with Crippen molar-refractivity contribution in [1.29, 1.82) is 0 Å². The summed E-state index contributed by atoms with van der Waals surface area (Å²) in [5.41, 5.74) is 3.57. The largest absolute Gasteiger partial charge is 0.293 e. The van der Waals surface area contributed by atoms with Crippen molar-refractivity contribution < 1.29 is 4.79 Å². The number of aryl methyl sites for hydroxylation is 1. The number of ketones is 1. The average Bonchev–Trinajstić information content (AvgIpc) is 2.80. The van der Waals surface area contributed by atoms with Crippen LogP contribution in [0.5, 0.6) is 0 Å². The Bertz CT molecular complexity index is 558. The minimum Gasteiger partial charge on any atom is -0.293 e. The Morgan fingerprint density at radius 3 is 2.83 bits per heavy atom.